The van der Waals surface area contributed by atoms with E-state index in [2.05, 4.69) is 15.1 Å². The number of rotatable bonds is 10. The number of carbonyl (C=O) groups is 1. The molecule has 3 aromatic rings. The lowest BCUT2D eigenvalue weighted by Crippen LogP contribution is -2.51. The van der Waals surface area contributed by atoms with Gasteiger partial charge in [0.2, 0.25) is 5.91 Å². The summed E-state index contributed by atoms with van der Waals surface area (Å²) in [7, 11) is 0. The standard InChI is InChI=1S/C24H26ClF3N6O2/c1-2-33(19-15-34(31-22(19)25)18-6-4-10-29-12-18)21(35)7-3-5-17-14-32(23(17)36)13-16-8-9-20(30-11-16)24(26,27)28/h4,6,8-12,15,17,21,35H,2-3,5,7,13-14H2,1H3. The van der Waals surface area contributed by atoms with Crippen LogP contribution in [0.2, 0.25) is 5.15 Å². The first-order valence-electron chi connectivity index (χ1n) is 11.6. The first-order chi connectivity index (χ1) is 17.2. The molecule has 0 aromatic carbocycles. The number of hydrogen-bond acceptors (Lipinski definition) is 6. The molecule has 3 aromatic heterocycles. The zero-order chi connectivity index (χ0) is 25.9. The Balaban J connectivity index is 1.25. The molecule has 2 unspecified atom stereocenters. The Kier molecular flexibility index (Phi) is 7.79. The van der Waals surface area contributed by atoms with Crippen LogP contribution in [0, 0.1) is 5.92 Å². The predicted octanol–water partition coefficient (Wildman–Crippen LogP) is 4.31. The fourth-order valence-electron chi connectivity index (χ4n) is 4.25. The Hall–Kier alpha value is -3.18. The van der Waals surface area contributed by atoms with Crippen molar-refractivity contribution >= 4 is 23.2 Å². The maximum absolute atomic E-state index is 12.6. The van der Waals surface area contributed by atoms with Crippen molar-refractivity contribution in [3.05, 3.63) is 65.5 Å². The van der Waals surface area contributed by atoms with E-state index in [0.717, 1.165) is 18.0 Å². The van der Waals surface area contributed by atoms with E-state index in [1.54, 1.807) is 39.1 Å². The molecular weight excluding hydrogens is 497 g/mol. The largest absolute Gasteiger partial charge is 0.433 e. The van der Waals surface area contributed by atoms with Gasteiger partial charge < -0.3 is 14.9 Å². The maximum Gasteiger partial charge on any atom is 0.433 e. The summed E-state index contributed by atoms with van der Waals surface area (Å²) in [6, 6.07) is 5.90. The number of aliphatic hydroxyl groups excluding tert-OH is 1. The van der Waals surface area contributed by atoms with E-state index in [-0.39, 0.29) is 23.5 Å². The summed E-state index contributed by atoms with van der Waals surface area (Å²) in [6.45, 7) is 3.17. The number of pyridine rings is 2. The molecule has 4 heterocycles. The Morgan fingerprint density at radius 2 is 2.08 bits per heavy atom. The molecule has 1 N–H and O–H groups in total. The second-order valence-corrected chi connectivity index (χ2v) is 8.98. The van der Waals surface area contributed by atoms with E-state index in [4.69, 9.17) is 11.6 Å². The van der Waals surface area contributed by atoms with Gasteiger partial charge in [0.05, 0.1) is 29.7 Å². The molecule has 36 heavy (non-hydrogen) atoms. The minimum absolute atomic E-state index is 0.0440. The summed E-state index contributed by atoms with van der Waals surface area (Å²) in [5.74, 6) is -0.205. The molecule has 1 aliphatic heterocycles. The van der Waals surface area contributed by atoms with E-state index in [1.807, 2.05) is 13.0 Å². The van der Waals surface area contributed by atoms with E-state index in [9.17, 15) is 23.1 Å². The Morgan fingerprint density at radius 1 is 1.28 bits per heavy atom. The molecule has 0 aliphatic carbocycles. The number of anilines is 1. The molecule has 1 amide bonds. The lowest BCUT2D eigenvalue weighted by atomic mass is 9.92. The minimum atomic E-state index is -4.49. The van der Waals surface area contributed by atoms with Crippen LogP contribution in [0.4, 0.5) is 18.9 Å². The number of aromatic nitrogens is 4. The number of alkyl halides is 3. The van der Waals surface area contributed by atoms with Crippen LogP contribution in [0.1, 0.15) is 37.4 Å². The first kappa shape index (κ1) is 25.9. The van der Waals surface area contributed by atoms with Gasteiger partial charge in [-0.25, -0.2) is 4.68 Å². The summed E-state index contributed by atoms with van der Waals surface area (Å²) >= 11 is 6.35. The van der Waals surface area contributed by atoms with Crippen molar-refractivity contribution in [2.75, 3.05) is 18.0 Å². The minimum Gasteiger partial charge on any atom is -0.374 e. The number of hydrogen-bond donors (Lipinski definition) is 1. The lowest BCUT2D eigenvalue weighted by molar-refractivity contribution is -0.149. The number of halogens is 4. The number of nitrogens with zero attached hydrogens (tertiary/aromatic N) is 6. The van der Waals surface area contributed by atoms with Crippen LogP contribution < -0.4 is 4.90 Å². The van der Waals surface area contributed by atoms with Crippen LogP contribution >= 0.6 is 11.6 Å². The van der Waals surface area contributed by atoms with Gasteiger partial charge in [-0.15, -0.1) is 0 Å². The van der Waals surface area contributed by atoms with Crippen molar-refractivity contribution in [1.82, 2.24) is 24.6 Å². The van der Waals surface area contributed by atoms with E-state index >= 15 is 0 Å². The van der Waals surface area contributed by atoms with Crippen LogP contribution in [0.5, 0.6) is 0 Å². The number of carbonyl (C=O) groups excluding carboxylic acids is 1. The molecule has 12 heteroatoms. The quantitative estimate of drug-likeness (QED) is 0.315. The predicted molar refractivity (Wildman–Crippen MR) is 127 cm³/mol. The highest BCUT2D eigenvalue weighted by Gasteiger charge is 2.36. The molecule has 1 aliphatic rings. The second kappa shape index (κ2) is 10.8. The Labute approximate surface area is 211 Å². The third-order valence-corrected chi connectivity index (χ3v) is 6.45. The van der Waals surface area contributed by atoms with Gasteiger partial charge in [-0.3, -0.25) is 14.8 Å². The molecule has 1 saturated heterocycles. The number of aliphatic hydroxyl groups is 1. The molecule has 8 nitrogen and oxygen atoms in total. The third-order valence-electron chi connectivity index (χ3n) is 6.18. The van der Waals surface area contributed by atoms with Gasteiger partial charge in [-0.05, 0) is 49.9 Å². The van der Waals surface area contributed by atoms with E-state index in [1.165, 1.54) is 6.07 Å². The highest BCUT2D eigenvalue weighted by Crippen LogP contribution is 2.31. The van der Waals surface area contributed by atoms with Gasteiger partial charge in [0, 0.05) is 32.0 Å². The average molecular weight is 523 g/mol. The smallest absolute Gasteiger partial charge is 0.374 e. The summed E-state index contributed by atoms with van der Waals surface area (Å²) in [5.41, 5.74) is 0.944. The van der Waals surface area contributed by atoms with Crippen LogP contribution in [0.15, 0.2) is 49.1 Å². The SMILES string of the molecule is CCN(c1cn(-c2cccnc2)nc1Cl)C(O)CCCC1CN(Cc2ccc(C(F)(F)F)nc2)C1=O. The molecule has 0 saturated carbocycles. The van der Waals surface area contributed by atoms with Crippen molar-refractivity contribution in [3.63, 3.8) is 0 Å². The highest BCUT2D eigenvalue weighted by molar-refractivity contribution is 6.32. The van der Waals surface area contributed by atoms with Crippen molar-refractivity contribution < 1.29 is 23.1 Å². The summed E-state index contributed by atoms with van der Waals surface area (Å²) in [5, 5.41) is 15.4. The monoisotopic (exact) mass is 522 g/mol. The van der Waals surface area contributed by atoms with E-state index < -0.39 is 18.1 Å². The van der Waals surface area contributed by atoms with Crippen molar-refractivity contribution in [3.8, 4) is 5.69 Å². The Bertz CT molecular complexity index is 1170. The van der Waals surface area contributed by atoms with E-state index in [0.29, 0.717) is 43.6 Å². The van der Waals surface area contributed by atoms with Crippen LogP contribution in [0.25, 0.3) is 5.69 Å². The normalized spacial score (nSPS) is 16.7. The molecule has 192 valence electrons. The van der Waals surface area contributed by atoms with Gasteiger partial charge in [0.15, 0.2) is 5.15 Å². The summed E-state index contributed by atoms with van der Waals surface area (Å²) < 4.78 is 39.5. The second-order valence-electron chi connectivity index (χ2n) is 8.62. The van der Waals surface area contributed by atoms with Gasteiger partial charge in [0.25, 0.3) is 0 Å². The summed E-state index contributed by atoms with van der Waals surface area (Å²) in [4.78, 5) is 23.3. The lowest BCUT2D eigenvalue weighted by Gasteiger charge is -2.39. The van der Waals surface area contributed by atoms with Gasteiger partial charge in [-0.2, -0.15) is 18.3 Å². The van der Waals surface area contributed by atoms with Crippen molar-refractivity contribution in [2.24, 2.45) is 5.92 Å². The molecular formula is C24H26ClF3N6O2. The first-order valence-corrected chi connectivity index (χ1v) is 12.0. The molecule has 4 rings (SSSR count). The van der Waals surface area contributed by atoms with Crippen molar-refractivity contribution in [1.29, 1.82) is 0 Å². The van der Waals surface area contributed by atoms with Crippen LogP contribution in [-0.4, -0.2) is 55.0 Å². The summed E-state index contributed by atoms with van der Waals surface area (Å²) in [6.07, 6.45) is 2.60. The van der Waals surface area contributed by atoms with Gasteiger partial charge >= 0.3 is 6.18 Å². The zero-order valence-electron chi connectivity index (χ0n) is 19.6. The molecule has 0 radical (unpaired) electrons. The molecule has 1 fully saturated rings. The van der Waals surface area contributed by atoms with Crippen molar-refractivity contribution in [2.45, 2.75) is 45.1 Å². The average Bonchev–Trinajstić information content (AvgIpc) is 3.24. The zero-order valence-corrected chi connectivity index (χ0v) is 20.3. The molecule has 2 atom stereocenters. The van der Waals surface area contributed by atoms with Crippen LogP contribution in [0.3, 0.4) is 0 Å². The molecule has 0 bridgehead atoms. The highest BCUT2D eigenvalue weighted by atomic mass is 35.5. The Morgan fingerprint density at radius 3 is 2.69 bits per heavy atom. The maximum atomic E-state index is 12.6. The van der Waals surface area contributed by atoms with Gasteiger partial charge in [0.1, 0.15) is 11.9 Å². The number of β-lactam (4-membered cyclic amide) rings is 1. The fraction of sp³-hybridized carbons (Fsp3) is 0.417. The van der Waals surface area contributed by atoms with Gasteiger partial charge in [-0.1, -0.05) is 17.7 Å². The number of likely N-dealkylation sites (tertiary alicyclic amines) is 1. The fourth-order valence-corrected chi connectivity index (χ4v) is 4.48. The topological polar surface area (TPSA) is 87.4 Å². The third kappa shape index (κ3) is 5.79. The molecule has 0 spiro atoms. The number of amides is 1. The van der Waals surface area contributed by atoms with Crippen LogP contribution in [-0.2, 0) is 17.5 Å².